The van der Waals surface area contributed by atoms with Crippen LogP contribution in [0.3, 0.4) is 0 Å². The summed E-state index contributed by atoms with van der Waals surface area (Å²) < 4.78 is 68.3. The minimum Gasteiger partial charge on any atom is -0.268 e. The zero-order valence-corrected chi connectivity index (χ0v) is 22.0. The molecule has 0 radical (unpaired) electrons. The second kappa shape index (κ2) is 11.4. The van der Waals surface area contributed by atoms with E-state index in [-0.39, 0.29) is 28.4 Å². The van der Waals surface area contributed by atoms with Crippen LogP contribution in [0.1, 0.15) is 21.6 Å². The molecule has 0 spiro atoms. The average Bonchev–Trinajstić information content (AvgIpc) is 2.89. The number of pyridine rings is 1. The van der Waals surface area contributed by atoms with Gasteiger partial charge in [0.1, 0.15) is 5.82 Å². The number of halogens is 2. The Labute approximate surface area is 224 Å². The Morgan fingerprint density at radius 2 is 1.55 bits per heavy atom. The highest BCUT2D eigenvalue weighted by molar-refractivity contribution is 7.90. The van der Waals surface area contributed by atoms with Crippen molar-refractivity contribution in [3.05, 3.63) is 125 Å². The van der Waals surface area contributed by atoms with E-state index in [4.69, 9.17) is 11.6 Å². The van der Waals surface area contributed by atoms with Crippen molar-refractivity contribution in [1.29, 1.82) is 0 Å². The van der Waals surface area contributed by atoms with Crippen molar-refractivity contribution in [1.82, 2.24) is 14.0 Å². The molecule has 0 atom stereocenters. The fourth-order valence-corrected chi connectivity index (χ4v) is 6.02. The molecule has 0 unspecified atom stereocenters. The minimum absolute atomic E-state index is 0.0140. The summed E-state index contributed by atoms with van der Waals surface area (Å²) in [4.78, 5) is 16.4. The van der Waals surface area contributed by atoms with Gasteiger partial charge < -0.3 is 0 Å². The molecule has 38 heavy (non-hydrogen) atoms. The summed E-state index contributed by atoms with van der Waals surface area (Å²) in [6, 6.07) is 21.0. The first kappa shape index (κ1) is 27.4. The number of nitrogens with zero attached hydrogens (tertiary/aromatic N) is 2. The molecule has 1 amide bonds. The highest BCUT2D eigenvalue weighted by Gasteiger charge is 2.26. The summed E-state index contributed by atoms with van der Waals surface area (Å²) in [5.41, 5.74) is 1.09. The van der Waals surface area contributed by atoms with E-state index in [1.54, 1.807) is 24.4 Å². The van der Waals surface area contributed by atoms with Crippen molar-refractivity contribution in [2.75, 3.05) is 0 Å². The first-order valence-electron chi connectivity index (χ1n) is 11.1. The number of hydrogen-bond donors (Lipinski definition) is 1. The van der Waals surface area contributed by atoms with E-state index < -0.39 is 31.8 Å². The smallest absolute Gasteiger partial charge is 0.264 e. The fraction of sp³-hybridized carbons (Fsp3) is 0.0769. The van der Waals surface area contributed by atoms with Crippen molar-refractivity contribution in [2.24, 2.45) is 0 Å². The monoisotopic (exact) mass is 573 g/mol. The number of carbonyl (C=O) groups is 1. The van der Waals surface area contributed by atoms with Gasteiger partial charge in [-0.3, -0.25) is 9.78 Å². The van der Waals surface area contributed by atoms with Gasteiger partial charge in [-0.25, -0.2) is 25.9 Å². The predicted molar refractivity (Wildman–Crippen MR) is 140 cm³/mol. The van der Waals surface area contributed by atoms with Crippen LogP contribution in [-0.4, -0.2) is 32.0 Å². The third-order valence-electron chi connectivity index (χ3n) is 5.42. The Kier molecular flexibility index (Phi) is 8.22. The van der Waals surface area contributed by atoms with E-state index in [0.717, 1.165) is 12.1 Å². The fourth-order valence-electron chi connectivity index (χ4n) is 3.49. The van der Waals surface area contributed by atoms with Gasteiger partial charge in [0.05, 0.1) is 22.0 Å². The molecule has 1 heterocycles. The zero-order chi connectivity index (χ0) is 27.3. The molecule has 0 fully saturated rings. The normalized spacial score (nSPS) is 11.9. The van der Waals surface area contributed by atoms with Gasteiger partial charge in [0.2, 0.25) is 10.0 Å². The number of amides is 1. The molecule has 0 aliphatic heterocycles. The van der Waals surface area contributed by atoms with Crippen molar-refractivity contribution in [3.8, 4) is 0 Å². The maximum absolute atomic E-state index is 13.4. The van der Waals surface area contributed by atoms with Gasteiger partial charge in [0.15, 0.2) is 0 Å². The van der Waals surface area contributed by atoms with Gasteiger partial charge in [0, 0.05) is 23.3 Å². The lowest BCUT2D eigenvalue weighted by Crippen LogP contribution is -2.31. The minimum atomic E-state index is -4.29. The molecule has 0 saturated carbocycles. The third kappa shape index (κ3) is 6.62. The maximum atomic E-state index is 13.4. The Hall–Kier alpha value is -3.64. The number of nitrogens with one attached hydrogen (secondary N) is 1. The van der Waals surface area contributed by atoms with Crippen molar-refractivity contribution in [2.45, 2.75) is 22.9 Å². The molecule has 4 aromatic rings. The van der Waals surface area contributed by atoms with Crippen LogP contribution in [0, 0.1) is 5.82 Å². The van der Waals surface area contributed by atoms with Crippen molar-refractivity contribution >= 4 is 37.6 Å². The van der Waals surface area contributed by atoms with Gasteiger partial charge in [-0.1, -0.05) is 35.9 Å². The quantitative estimate of drug-likeness (QED) is 0.318. The standard InChI is InChI=1S/C26H21ClFN3O5S2/c27-21-11-13-24(14-12-21)38(35,36)31(18-23-5-1-2-15-29-23)17-19-7-9-20(10-8-19)26(32)30-37(33,34)25-6-3-4-22(28)16-25/h1-16H,17-18H2,(H,30,32). The second-order valence-electron chi connectivity index (χ2n) is 8.14. The lowest BCUT2D eigenvalue weighted by Gasteiger charge is -2.22. The number of hydrogen-bond acceptors (Lipinski definition) is 6. The Balaban J connectivity index is 1.55. The van der Waals surface area contributed by atoms with E-state index >= 15 is 0 Å². The molecule has 196 valence electrons. The Morgan fingerprint density at radius 3 is 2.18 bits per heavy atom. The largest absolute Gasteiger partial charge is 0.268 e. The second-order valence-corrected chi connectivity index (χ2v) is 12.2. The number of sulfonamides is 2. The average molecular weight is 574 g/mol. The van der Waals surface area contributed by atoms with Crippen LogP contribution < -0.4 is 4.72 Å². The van der Waals surface area contributed by atoms with Gasteiger partial charge in [-0.2, -0.15) is 4.31 Å². The van der Waals surface area contributed by atoms with Crippen LogP contribution in [0.4, 0.5) is 4.39 Å². The number of benzene rings is 3. The van der Waals surface area contributed by atoms with Crippen LogP contribution >= 0.6 is 11.6 Å². The summed E-state index contributed by atoms with van der Waals surface area (Å²) in [5, 5.41) is 0.397. The van der Waals surface area contributed by atoms with Gasteiger partial charge in [-0.15, -0.1) is 0 Å². The zero-order valence-electron chi connectivity index (χ0n) is 19.7. The Morgan fingerprint density at radius 1 is 0.842 bits per heavy atom. The van der Waals surface area contributed by atoms with E-state index in [0.29, 0.717) is 16.3 Å². The molecule has 0 bridgehead atoms. The summed E-state index contributed by atoms with van der Waals surface area (Å²) in [6.07, 6.45) is 1.56. The molecule has 3 aromatic carbocycles. The van der Waals surface area contributed by atoms with Crippen LogP contribution in [0.25, 0.3) is 0 Å². The molecule has 0 aliphatic carbocycles. The molecular weight excluding hydrogens is 553 g/mol. The molecule has 8 nitrogen and oxygen atoms in total. The summed E-state index contributed by atoms with van der Waals surface area (Å²) in [6.45, 7) is -0.0645. The van der Waals surface area contributed by atoms with E-state index in [1.807, 2.05) is 4.72 Å². The molecule has 12 heteroatoms. The number of aromatic nitrogens is 1. The van der Waals surface area contributed by atoms with Gasteiger partial charge >= 0.3 is 0 Å². The van der Waals surface area contributed by atoms with Crippen LogP contribution in [0.5, 0.6) is 0 Å². The Bertz CT molecular complexity index is 1650. The molecule has 1 aromatic heterocycles. The maximum Gasteiger partial charge on any atom is 0.264 e. The summed E-state index contributed by atoms with van der Waals surface area (Å²) in [7, 11) is -8.24. The molecule has 0 aliphatic rings. The third-order valence-corrected chi connectivity index (χ3v) is 8.81. The van der Waals surface area contributed by atoms with Crippen molar-refractivity contribution in [3.63, 3.8) is 0 Å². The van der Waals surface area contributed by atoms with Crippen LogP contribution in [0.2, 0.25) is 5.02 Å². The van der Waals surface area contributed by atoms with E-state index in [1.165, 1.54) is 65.0 Å². The topological polar surface area (TPSA) is 114 Å². The first-order valence-corrected chi connectivity index (χ1v) is 14.4. The number of carbonyl (C=O) groups excluding carboxylic acids is 1. The summed E-state index contributed by atoms with van der Waals surface area (Å²) >= 11 is 5.92. The summed E-state index contributed by atoms with van der Waals surface area (Å²) in [5.74, 6) is -1.67. The number of rotatable bonds is 9. The van der Waals surface area contributed by atoms with Gasteiger partial charge in [0.25, 0.3) is 15.9 Å². The molecule has 1 N–H and O–H groups in total. The predicted octanol–water partition coefficient (Wildman–Crippen LogP) is 4.38. The van der Waals surface area contributed by atoms with E-state index in [9.17, 15) is 26.0 Å². The molecular formula is C26H21ClFN3O5S2. The highest BCUT2D eigenvalue weighted by Crippen LogP contribution is 2.23. The van der Waals surface area contributed by atoms with Crippen LogP contribution in [0.15, 0.2) is 107 Å². The lowest BCUT2D eigenvalue weighted by atomic mass is 10.1. The molecule has 0 saturated heterocycles. The van der Waals surface area contributed by atoms with Crippen molar-refractivity contribution < 1.29 is 26.0 Å². The molecule has 4 rings (SSSR count). The SMILES string of the molecule is O=C(NS(=O)(=O)c1cccc(F)c1)c1ccc(CN(Cc2ccccn2)S(=O)(=O)c2ccc(Cl)cc2)cc1. The van der Waals surface area contributed by atoms with Crippen LogP contribution in [-0.2, 0) is 33.1 Å². The van der Waals surface area contributed by atoms with Gasteiger partial charge in [-0.05, 0) is 72.3 Å². The lowest BCUT2D eigenvalue weighted by molar-refractivity contribution is 0.0981. The van der Waals surface area contributed by atoms with E-state index in [2.05, 4.69) is 4.98 Å². The first-order chi connectivity index (χ1) is 18.0. The highest BCUT2D eigenvalue weighted by atomic mass is 35.5.